The van der Waals surface area contributed by atoms with Gasteiger partial charge in [-0.25, -0.2) is 0 Å². The lowest BCUT2D eigenvalue weighted by molar-refractivity contribution is 0.165. The Morgan fingerprint density at radius 2 is 1.42 bits per heavy atom. The van der Waals surface area contributed by atoms with Crippen molar-refractivity contribution >= 4 is 0 Å². The van der Waals surface area contributed by atoms with Gasteiger partial charge < -0.3 is 0 Å². The van der Waals surface area contributed by atoms with E-state index in [1.807, 2.05) is 0 Å². The van der Waals surface area contributed by atoms with Crippen molar-refractivity contribution in [3.05, 3.63) is 11.6 Å². The molecule has 0 aromatic heterocycles. The van der Waals surface area contributed by atoms with Gasteiger partial charge in [-0.05, 0) is 86.4 Å². The lowest BCUT2D eigenvalue weighted by Gasteiger charge is -2.40. The van der Waals surface area contributed by atoms with Gasteiger partial charge in [0.2, 0.25) is 0 Å². The Labute approximate surface area is 164 Å². The summed E-state index contributed by atoms with van der Waals surface area (Å²) in [5.74, 6) is 2.77. The van der Waals surface area contributed by atoms with Crippen molar-refractivity contribution in [3.8, 4) is 0 Å². The summed E-state index contributed by atoms with van der Waals surface area (Å²) >= 11 is 0. The van der Waals surface area contributed by atoms with Crippen molar-refractivity contribution in [1.82, 2.24) is 0 Å². The molecule has 0 nitrogen and oxygen atoms in total. The van der Waals surface area contributed by atoms with Crippen molar-refractivity contribution in [2.45, 2.75) is 124 Å². The highest BCUT2D eigenvalue weighted by atomic mass is 14.5. The van der Waals surface area contributed by atoms with Crippen LogP contribution in [0.5, 0.6) is 0 Å². The van der Waals surface area contributed by atoms with Crippen LogP contribution in [0.15, 0.2) is 11.6 Å². The zero-order chi connectivity index (χ0) is 18.6. The molecule has 0 aromatic rings. The maximum absolute atomic E-state index is 2.57. The highest BCUT2D eigenvalue weighted by Crippen LogP contribution is 2.57. The standard InChI is InChI=1S/C14H24.C12H22/c1-12(2)13-6-10-14(11-7-13)8-4-3-5-9-14;1-10(2)11-5-3-4-6-12(9-11)7-8-12/h6,12H,3-5,7-11H2,1-2H3;10-11H,3-9H2,1-2H3. The van der Waals surface area contributed by atoms with E-state index in [0.29, 0.717) is 0 Å². The smallest absolute Gasteiger partial charge is 0.0260 e. The Balaban J connectivity index is 0.000000152. The van der Waals surface area contributed by atoms with E-state index in [1.54, 1.807) is 31.3 Å². The fourth-order valence-electron chi connectivity index (χ4n) is 6.11. The van der Waals surface area contributed by atoms with Gasteiger partial charge in [-0.1, -0.05) is 77.9 Å². The second-order valence-electron chi connectivity index (χ2n) is 11.2. The van der Waals surface area contributed by atoms with Gasteiger partial charge in [-0.2, -0.15) is 0 Å². The minimum atomic E-state index is 0.747. The first-order valence-electron chi connectivity index (χ1n) is 12.1. The largest absolute Gasteiger partial charge is 0.0845 e. The van der Waals surface area contributed by atoms with Crippen LogP contribution in [0.3, 0.4) is 0 Å². The molecule has 4 rings (SSSR count). The molecule has 1 atom stereocenters. The van der Waals surface area contributed by atoms with Crippen LogP contribution in [0.4, 0.5) is 0 Å². The summed E-state index contributed by atoms with van der Waals surface area (Å²) in [6.07, 6.45) is 25.1. The quantitative estimate of drug-likeness (QED) is 0.433. The molecular weight excluding hydrogens is 312 g/mol. The predicted octanol–water partition coefficient (Wildman–Crippen LogP) is 8.71. The molecule has 0 amide bonds. The first-order valence-corrected chi connectivity index (χ1v) is 12.1. The van der Waals surface area contributed by atoms with E-state index in [1.165, 1.54) is 70.6 Å². The summed E-state index contributed by atoms with van der Waals surface area (Å²) < 4.78 is 0. The van der Waals surface area contributed by atoms with Gasteiger partial charge in [-0.15, -0.1) is 0 Å². The molecule has 3 saturated carbocycles. The van der Waals surface area contributed by atoms with Crippen molar-refractivity contribution in [2.24, 2.45) is 28.6 Å². The molecule has 150 valence electrons. The summed E-state index contributed by atoms with van der Waals surface area (Å²) in [5.41, 5.74) is 3.34. The molecule has 0 heterocycles. The SMILES string of the molecule is CC(C)C1=CCC2(CCCCC2)CC1.CC(C)C1CCCCC2(CC2)C1. The Bertz CT molecular complexity index is 456. The first kappa shape index (κ1) is 20.5. The van der Waals surface area contributed by atoms with Crippen LogP contribution in [-0.4, -0.2) is 0 Å². The van der Waals surface area contributed by atoms with E-state index in [9.17, 15) is 0 Å². The maximum Gasteiger partial charge on any atom is -0.0260 e. The van der Waals surface area contributed by atoms with E-state index < -0.39 is 0 Å². The van der Waals surface area contributed by atoms with Gasteiger partial charge >= 0.3 is 0 Å². The molecule has 0 heteroatoms. The van der Waals surface area contributed by atoms with Crippen molar-refractivity contribution < 1.29 is 0 Å². The second kappa shape index (κ2) is 8.83. The van der Waals surface area contributed by atoms with Crippen LogP contribution in [0.1, 0.15) is 124 Å². The molecule has 3 fully saturated rings. The van der Waals surface area contributed by atoms with E-state index in [-0.39, 0.29) is 0 Å². The number of hydrogen-bond acceptors (Lipinski definition) is 0. The minimum absolute atomic E-state index is 0.747. The lowest BCUT2D eigenvalue weighted by Crippen LogP contribution is -2.26. The van der Waals surface area contributed by atoms with E-state index >= 15 is 0 Å². The molecule has 0 radical (unpaired) electrons. The summed E-state index contributed by atoms with van der Waals surface area (Å²) in [5, 5.41) is 0. The molecule has 4 aliphatic rings. The third-order valence-electron chi connectivity index (χ3n) is 8.52. The van der Waals surface area contributed by atoms with E-state index in [4.69, 9.17) is 0 Å². The Morgan fingerprint density at radius 1 is 0.769 bits per heavy atom. The molecule has 0 aromatic carbocycles. The first-order chi connectivity index (χ1) is 12.4. The van der Waals surface area contributed by atoms with Crippen molar-refractivity contribution in [3.63, 3.8) is 0 Å². The highest BCUT2D eigenvalue weighted by molar-refractivity contribution is 5.12. The van der Waals surface area contributed by atoms with Gasteiger partial charge in [-0.3, -0.25) is 0 Å². The van der Waals surface area contributed by atoms with Crippen molar-refractivity contribution in [2.75, 3.05) is 0 Å². The summed E-state index contributed by atoms with van der Waals surface area (Å²) in [6, 6.07) is 0. The molecule has 26 heavy (non-hydrogen) atoms. The van der Waals surface area contributed by atoms with Crippen LogP contribution in [0.25, 0.3) is 0 Å². The average Bonchev–Trinajstić information content (AvgIpc) is 3.43. The predicted molar refractivity (Wildman–Crippen MR) is 115 cm³/mol. The number of hydrogen-bond donors (Lipinski definition) is 0. The van der Waals surface area contributed by atoms with Gasteiger partial charge in [0.1, 0.15) is 0 Å². The normalized spacial score (nSPS) is 29.9. The van der Waals surface area contributed by atoms with Gasteiger partial charge in [0.05, 0.1) is 0 Å². The Kier molecular flexibility index (Phi) is 6.95. The van der Waals surface area contributed by atoms with Crippen molar-refractivity contribution in [1.29, 1.82) is 0 Å². The minimum Gasteiger partial charge on any atom is -0.0845 e. The lowest BCUT2D eigenvalue weighted by atomic mass is 9.65. The molecule has 0 saturated heterocycles. The van der Waals surface area contributed by atoms with Crippen LogP contribution in [0, 0.1) is 28.6 Å². The third-order valence-corrected chi connectivity index (χ3v) is 8.52. The highest BCUT2D eigenvalue weighted by Gasteiger charge is 2.44. The Morgan fingerprint density at radius 3 is 1.96 bits per heavy atom. The molecule has 0 aliphatic heterocycles. The fraction of sp³-hybridized carbons (Fsp3) is 0.923. The topological polar surface area (TPSA) is 0 Å². The summed E-state index contributed by atoms with van der Waals surface area (Å²) in [4.78, 5) is 0. The van der Waals surface area contributed by atoms with E-state index in [0.717, 1.165) is 28.6 Å². The second-order valence-corrected chi connectivity index (χ2v) is 11.2. The summed E-state index contributed by atoms with van der Waals surface area (Å²) in [7, 11) is 0. The third kappa shape index (κ3) is 5.39. The van der Waals surface area contributed by atoms with E-state index in [2.05, 4.69) is 33.8 Å². The van der Waals surface area contributed by atoms with Crippen LogP contribution >= 0.6 is 0 Å². The zero-order valence-electron chi connectivity index (χ0n) is 18.4. The van der Waals surface area contributed by atoms with Gasteiger partial charge in [0.15, 0.2) is 0 Å². The molecule has 0 N–H and O–H groups in total. The van der Waals surface area contributed by atoms with Crippen LogP contribution in [-0.2, 0) is 0 Å². The zero-order valence-corrected chi connectivity index (χ0v) is 18.4. The molecular formula is C26H46. The molecule has 4 aliphatic carbocycles. The summed E-state index contributed by atoms with van der Waals surface area (Å²) in [6.45, 7) is 9.49. The maximum atomic E-state index is 2.57. The Hall–Kier alpha value is -0.260. The molecule has 1 unspecified atom stereocenters. The number of allylic oxidation sites excluding steroid dienone is 2. The van der Waals surface area contributed by atoms with Gasteiger partial charge in [0, 0.05) is 0 Å². The van der Waals surface area contributed by atoms with Gasteiger partial charge in [0.25, 0.3) is 0 Å². The number of rotatable bonds is 2. The molecule has 0 bridgehead atoms. The van der Waals surface area contributed by atoms with Crippen LogP contribution in [0.2, 0.25) is 0 Å². The monoisotopic (exact) mass is 358 g/mol. The molecule has 2 spiro atoms. The fourth-order valence-corrected chi connectivity index (χ4v) is 6.11. The average molecular weight is 359 g/mol. The van der Waals surface area contributed by atoms with Crippen LogP contribution < -0.4 is 0 Å².